The molecule has 0 spiro atoms. The van der Waals surface area contributed by atoms with Crippen LogP contribution in [0.15, 0.2) is 24.5 Å². The fourth-order valence-electron chi connectivity index (χ4n) is 3.19. The van der Waals surface area contributed by atoms with Crippen molar-refractivity contribution in [1.82, 2.24) is 19.7 Å². The van der Waals surface area contributed by atoms with E-state index in [-0.39, 0.29) is 11.9 Å². The molecule has 1 aliphatic rings. The Balaban J connectivity index is 1.71. The Hall–Kier alpha value is -1.92. The van der Waals surface area contributed by atoms with Crippen molar-refractivity contribution in [3.8, 4) is 0 Å². The van der Waals surface area contributed by atoms with E-state index in [1.54, 1.807) is 29.2 Å². The first-order chi connectivity index (χ1) is 11.1. The number of hydrogen-bond acceptors (Lipinski definition) is 4. The highest BCUT2D eigenvalue weighted by molar-refractivity contribution is 6.30. The number of nitrogens with zero attached hydrogens (tertiary/aromatic N) is 4. The second-order valence-electron chi connectivity index (χ2n) is 5.83. The summed E-state index contributed by atoms with van der Waals surface area (Å²) >= 11 is 6.39. The maximum absolute atomic E-state index is 12.3. The first-order valence-electron chi connectivity index (χ1n) is 7.69. The first-order valence-corrected chi connectivity index (χ1v) is 8.07. The molecule has 0 aliphatic carbocycles. The van der Waals surface area contributed by atoms with Crippen molar-refractivity contribution < 1.29 is 4.79 Å². The Morgan fingerprint density at radius 3 is 2.83 bits per heavy atom. The Bertz CT molecular complexity index is 700. The third-order valence-electron chi connectivity index (χ3n) is 4.20. The van der Waals surface area contributed by atoms with Gasteiger partial charge in [0, 0.05) is 36.7 Å². The molecule has 1 fully saturated rings. The van der Waals surface area contributed by atoms with Gasteiger partial charge in [-0.1, -0.05) is 11.6 Å². The van der Waals surface area contributed by atoms with Gasteiger partial charge in [-0.05, 0) is 38.4 Å². The van der Waals surface area contributed by atoms with Gasteiger partial charge in [-0.3, -0.25) is 19.4 Å². The summed E-state index contributed by atoms with van der Waals surface area (Å²) in [5, 5.41) is 7.95. The van der Waals surface area contributed by atoms with Crippen LogP contribution in [-0.4, -0.2) is 38.7 Å². The highest BCUT2D eigenvalue weighted by Crippen LogP contribution is 2.37. The summed E-state index contributed by atoms with van der Waals surface area (Å²) in [6.45, 7) is 3.20. The summed E-state index contributed by atoms with van der Waals surface area (Å²) < 4.78 is 1.69. The summed E-state index contributed by atoms with van der Waals surface area (Å²) in [5.41, 5.74) is 2.74. The first kappa shape index (κ1) is 16.0. The van der Waals surface area contributed by atoms with Crippen molar-refractivity contribution in [2.45, 2.75) is 25.8 Å². The van der Waals surface area contributed by atoms with Gasteiger partial charge in [0.15, 0.2) is 0 Å². The van der Waals surface area contributed by atoms with E-state index in [0.29, 0.717) is 11.7 Å². The van der Waals surface area contributed by atoms with Gasteiger partial charge < -0.3 is 5.32 Å². The number of anilines is 1. The number of likely N-dealkylation sites (tertiary alicyclic amines) is 1. The van der Waals surface area contributed by atoms with Gasteiger partial charge in [-0.15, -0.1) is 0 Å². The van der Waals surface area contributed by atoms with Gasteiger partial charge in [0.05, 0.1) is 12.2 Å². The van der Waals surface area contributed by atoms with E-state index in [1.165, 1.54) is 0 Å². The molecule has 2 aromatic rings. The minimum Gasteiger partial charge on any atom is -0.325 e. The van der Waals surface area contributed by atoms with E-state index in [4.69, 9.17) is 11.6 Å². The predicted molar refractivity (Wildman–Crippen MR) is 89.4 cm³/mol. The third-order valence-corrected chi connectivity index (χ3v) is 4.65. The van der Waals surface area contributed by atoms with Crippen LogP contribution in [0.1, 0.15) is 30.1 Å². The second kappa shape index (κ2) is 6.68. The molecule has 7 heteroatoms. The van der Waals surface area contributed by atoms with Gasteiger partial charge in [-0.25, -0.2) is 0 Å². The second-order valence-corrected chi connectivity index (χ2v) is 6.18. The topological polar surface area (TPSA) is 63.1 Å². The Labute approximate surface area is 140 Å². The molecule has 1 N–H and O–H groups in total. The average molecular weight is 334 g/mol. The van der Waals surface area contributed by atoms with Crippen LogP contribution < -0.4 is 5.32 Å². The van der Waals surface area contributed by atoms with E-state index in [0.717, 1.165) is 36.3 Å². The lowest BCUT2D eigenvalue weighted by atomic mass is 10.1. The molecular weight excluding hydrogens is 314 g/mol. The van der Waals surface area contributed by atoms with E-state index in [2.05, 4.69) is 20.3 Å². The van der Waals surface area contributed by atoms with E-state index in [1.807, 2.05) is 14.0 Å². The molecule has 3 rings (SSSR count). The molecule has 0 radical (unpaired) electrons. The lowest BCUT2D eigenvalue weighted by Crippen LogP contribution is -2.33. The number of rotatable bonds is 4. The van der Waals surface area contributed by atoms with Crippen LogP contribution in [0.2, 0.25) is 5.15 Å². The molecule has 1 amide bonds. The van der Waals surface area contributed by atoms with Crippen LogP contribution >= 0.6 is 11.6 Å². The maximum atomic E-state index is 12.3. The summed E-state index contributed by atoms with van der Waals surface area (Å²) in [7, 11) is 1.84. The molecule has 0 saturated carbocycles. The Morgan fingerprint density at radius 2 is 2.17 bits per heavy atom. The standard InChI is InChI=1S/C16H20ClN5O/c1-11-15(16(17)21(2)20-11)13-4-3-9-22(13)10-14(23)19-12-5-7-18-8-6-12/h5-8,13H,3-4,9-10H2,1-2H3,(H,18,19,23)/t13-/m1/s1. The summed E-state index contributed by atoms with van der Waals surface area (Å²) in [4.78, 5) is 18.4. The molecular formula is C16H20ClN5O. The number of aromatic nitrogens is 3. The zero-order chi connectivity index (χ0) is 16.4. The van der Waals surface area contributed by atoms with Gasteiger partial charge >= 0.3 is 0 Å². The molecule has 6 nitrogen and oxygen atoms in total. The van der Waals surface area contributed by atoms with Crippen molar-refractivity contribution >= 4 is 23.2 Å². The molecule has 1 atom stereocenters. The fraction of sp³-hybridized carbons (Fsp3) is 0.438. The van der Waals surface area contributed by atoms with Crippen LogP contribution in [0.25, 0.3) is 0 Å². The summed E-state index contributed by atoms with van der Waals surface area (Å²) in [6.07, 6.45) is 5.37. The summed E-state index contributed by atoms with van der Waals surface area (Å²) in [6, 6.07) is 3.71. The maximum Gasteiger partial charge on any atom is 0.238 e. The number of carbonyl (C=O) groups is 1. The number of aryl methyl sites for hydroxylation is 2. The summed E-state index contributed by atoms with van der Waals surface area (Å²) in [5.74, 6) is -0.0271. The number of hydrogen-bond donors (Lipinski definition) is 1. The van der Waals surface area contributed by atoms with Crippen LogP contribution in [-0.2, 0) is 11.8 Å². The monoisotopic (exact) mass is 333 g/mol. The molecule has 0 unspecified atom stereocenters. The zero-order valence-corrected chi connectivity index (χ0v) is 14.0. The SMILES string of the molecule is Cc1nn(C)c(Cl)c1[C@H]1CCCN1CC(=O)Nc1ccncc1. The van der Waals surface area contributed by atoms with Crippen molar-refractivity contribution in [2.24, 2.45) is 7.05 Å². The number of pyridine rings is 1. The van der Waals surface area contributed by atoms with Crippen molar-refractivity contribution in [2.75, 3.05) is 18.4 Å². The van der Waals surface area contributed by atoms with Crippen LogP contribution in [0, 0.1) is 6.92 Å². The molecule has 1 saturated heterocycles. The van der Waals surface area contributed by atoms with E-state index in [9.17, 15) is 4.79 Å². The number of halogens is 1. The smallest absolute Gasteiger partial charge is 0.238 e. The average Bonchev–Trinajstić information content (AvgIpc) is 3.05. The zero-order valence-electron chi connectivity index (χ0n) is 13.3. The van der Waals surface area contributed by atoms with Gasteiger partial charge in [0.1, 0.15) is 5.15 Å². The van der Waals surface area contributed by atoms with Crippen molar-refractivity contribution in [3.05, 3.63) is 40.9 Å². The minimum absolute atomic E-state index is 0.0271. The number of amides is 1. The van der Waals surface area contributed by atoms with Gasteiger partial charge in [0.2, 0.25) is 5.91 Å². The quantitative estimate of drug-likeness (QED) is 0.934. The fourth-order valence-corrected chi connectivity index (χ4v) is 3.49. The molecule has 3 heterocycles. The van der Waals surface area contributed by atoms with Crippen LogP contribution in [0.4, 0.5) is 5.69 Å². The predicted octanol–water partition coefficient (Wildman–Crippen LogP) is 2.55. The molecule has 122 valence electrons. The van der Waals surface area contributed by atoms with Crippen molar-refractivity contribution in [3.63, 3.8) is 0 Å². The van der Waals surface area contributed by atoms with Crippen molar-refractivity contribution in [1.29, 1.82) is 0 Å². The molecule has 23 heavy (non-hydrogen) atoms. The van der Waals surface area contributed by atoms with E-state index < -0.39 is 0 Å². The van der Waals surface area contributed by atoms with Crippen LogP contribution in [0.5, 0.6) is 0 Å². The Kier molecular flexibility index (Phi) is 4.63. The lowest BCUT2D eigenvalue weighted by Gasteiger charge is -2.24. The molecule has 0 bridgehead atoms. The Morgan fingerprint density at radius 1 is 1.43 bits per heavy atom. The molecule has 0 aromatic carbocycles. The normalized spacial score (nSPS) is 18.3. The lowest BCUT2D eigenvalue weighted by molar-refractivity contribution is -0.117. The van der Waals surface area contributed by atoms with Crippen LogP contribution in [0.3, 0.4) is 0 Å². The van der Waals surface area contributed by atoms with Gasteiger partial charge in [0.25, 0.3) is 0 Å². The van der Waals surface area contributed by atoms with E-state index >= 15 is 0 Å². The minimum atomic E-state index is -0.0271. The highest BCUT2D eigenvalue weighted by Gasteiger charge is 2.32. The molecule has 2 aromatic heterocycles. The number of carbonyl (C=O) groups excluding carboxylic acids is 1. The van der Waals surface area contributed by atoms with Gasteiger partial charge in [-0.2, -0.15) is 5.10 Å². The third kappa shape index (κ3) is 3.38. The molecule has 1 aliphatic heterocycles. The largest absolute Gasteiger partial charge is 0.325 e. The number of nitrogens with one attached hydrogen (secondary N) is 1. The highest BCUT2D eigenvalue weighted by atomic mass is 35.5.